The van der Waals surface area contributed by atoms with Crippen molar-refractivity contribution in [1.82, 2.24) is 9.97 Å². The van der Waals surface area contributed by atoms with Gasteiger partial charge in [0.25, 0.3) is 0 Å². The zero-order valence-electron chi connectivity index (χ0n) is 10.5. The number of aromatic nitrogens is 2. The van der Waals surface area contributed by atoms with Crippen molar-refractivity contribution in [2.75, 3.05) is 5.75 Å². The van der Waals surface area contributed by atoms with E-state index in [0.717, 1.165) is 34.3 Å². The van der Waals surface area contributed by atoms with Crippen LogP contribution in [0.5, 0.6) is 5.75 Å². The molecule has 2 aromatic rings. The number of hydrogen-bond donors (Lipinski definition) is 0. The number of thioether (sulfide) groups is 2. The van der Waals surface area contributed by atoms with Crippen molar-refractivity contribution in [1.29, 1.82) is 0 Å². The van der Waals surface area contributed by atoms with Gasteiger partial charge < -0.3 is 4.74 Å². The summed E-state index contributed by atoms with van der Waals surface area (Å²) in [6.07, 6.45) is -0.122. The van der Waals surface area contributed by atoms with Crippen LogP contribution in [0.1, 0.15) is 23.2 Å². The van der Waals surface area contributed by atoms with Gasteiger partial charge in [-0.2, -0.15) is 11.8 Å². The van der Waals surface area contributed by atoms with Crippen LogP contribution < -0.4 is 4.74 Å². The lowest BCUT2D eigenvalue weighted by atomic mass is 10.2. The first-order valence-electron chi connectivity index (χ1n) is 6.32. The first-order chi connectivity index (χ1) is 9.81. The fourth-order valence-corrected chi connectivity index (χ4v) is 4.69. The van der Waals surface area contributed by atoms with Crippen molar-refractivity contribution >= 4 is 35.1 Å². The highest BCUT2D eigenvalue weighted by Crippen LogP contribution is 2.40. The Morgan fingerprint density at radius 1 is 1.20 bits per heavy atom. The molecular formula is C14H11ClN2OS2. The summed E-state index contributed by atoms with van der Waals surface area (Å²) in [7, 11) is 0. The van der Waals surface area contributed by atoms with E-state index in [9.17, 15) is 0 Å². The number of fused-ring (bicyclic) bond motifs is 2. The number of rotatable bonds is 1. The largest absolute Gasteiger partial charge is 0.480 e. The van der Waals surface area contributed by atoms with E-state index >= 15 is 0 Å². The molecule has 0 radical (unpaired) electrons. The Morgan fingerprint density at radius 3 is 3.05 bits per heavy atom. The third-order valence-corrected chi connectivity index (χ3v) is 5.74. The van der Waals surface area contributed by atoms with E-state index in [1.54, 1.807) is 11.8 Å². The van der Waals surface area contributed by atoms with Crippen LogP contribution in [0.4, 0.5) is 0 Å². The summed E-state index contributed by atoms with van der Waals surface area (Å²) < 4.78 is 6.02. The monoisotopic (exact) mass is 322 g/mol. The van der Waals surface area contributed by atoms with Crippen molar-refractivity contribution in [3.63, 3.8) is 0 Å². The van der Waals surface area contributed by atoms with Gasteiger partial charge in [0, 0.05) is 27.7 Å². The van der Waals surface area contributed by atoms with Crippen LogP contribution in [0, 0.1) is 0 Å². The quantitative estimate of drug-likeness (QED) is 0.738. The molecule has 3 nitrogen and oxygen atoms in total. The van der Waals surface area contributed by atoms with E-state index in [1.807, 2.05) is 30.0 Å². The molecule has 0 N–H and O–H groups in total. The third-order valence-electron chi connectivity index (χ3n) is 3.34. The normalized spacial score (nSPS) is 20.1. The molecule has 0 amide bonds. The molecule has 0 aliphatic carbocycles. The molecule has 2 aliphatic rings. The van der Waals surface area contributed by atoms with E-state index in [1.165, 1.54) is 4.90 Å². The molecule has 0 spiro atoms. The van der Waals surface area contributed by atoms with Crippen molar-refractivity contribution < 1.29 is 4.74 Å². The van der Waals surface area contributed by atoms with Gasteiger partial charge >= 0.3 is 0 Å². The van der Waals surface area contributed by atoms with Crippen LogP contribution in [0.15, 0.2) is 29.2 Å². The predicted molar refractivity (Wildman–Crippen MR) is 82.6 cm³/mol. The number of hydrogen-bond acceptors (Lipinski definition) is 5. The molecular weight excluding hydrogens is 312 g/mol. The van der Waals surface area contributed by atoms with Crippen molar-refractivity contribution in [2.45, 2.75) is 22.5 Å². The SMILES string of the molecule is Clc1nc(C2CSc3ccccc3O2)nc2c1CSC2. The van der Waals surface area contributed by atoms with Crippen LogP contribution in [0.2, 0.25) is 5.15 Å². The zero-order chi connectivity index (χ0) is 13.5. The van der Waals surface area contributed by atoms with Crippen molar-refractivity contribution in [3.8, 4) is 5.75 Å². The topological polar surface area (TPSA) is 35.0 Å². The molecule has 3 heterocycles. The lowest BCUT2D eigenvalue weighted by molar-refractivity contribution is 0.210. The average molecular weight is 323 g/mol. The van der Waals surface area contributed by atoms with Crippen molar-refractivity contribution in [2.24, 2.45) is 0 Å². The lowest BCUT2D eigenvalue weighted by Gasteiger charge is -2.24. The van der Waals surface area contributed by atoms with Crippen LogP contribution in [0.3, 0.4) is 0 Å². The number of halogens is 1. The zero-order valence-corrected chi connectivity index (χ0v) is 12.9. The van der Waals surface area contributed by atoms with Gasteiger partial charge in [-0.25, -0.2) is 9.97 Å². The first-order valence-corrected chi connectivity index (χ1v) is 8.84. The Bertz CT molecular complexity index is 680. The molecule has 0 saturated carbocycles. The highest BCUT2D eigenvalue weighted by molar-refractivity contribution is 7.99. The van der Waals surface area contributed by atoms with Gasteiger partial charge in [0.05, 0.1) is 5.69 Å². The summed E-state index contributed by atoms with van der Waals surface area (Å²) in [5.41, 5.74) is 2.15. The van der Waals surface area contributed by atoms with Crippen LogP contribution in [-0.2, 0) is 11.5 Å². The molecule has 2 aliphatic heterocycles. The summed E-state index contributed by atoms with van der Waals surface area (Å²) >= 11 is 9.87. The Labute approximate surface area is 130 Å². The Hall–Kier alpha value is -0.910. The number of benzene rings is 1. The number of nitrogens with zero attached hydrogens (tertiary/aromatic N) is 2. The van der Waals surface area contributed by atoms with Gasteiger partial charge in [-0.1, -0.05) is 23.7 Å². The maximum Gasteiger partial charge on any atom is 0.172 e. The summed E-state index contributed by atoms with van der Waals surface area (Å²) in [5, 5.41) is 0.586. The van der Waals surface area contributed by atoms with E-state index in [4.69, 9.17) is 16.3 Å². The van der Waals surface area contributed by atoms with Crippen LogP contribution in [-0.4, -0.2) is 15.7 Å². The smallest absolute Gasteiger partial charge is 0.172 e. The second-order valence-electron chi connectivity index (χ2n) is 4.65. The van der Waals surface area contributed by atoms with E-state index < -0.39 is 0 Å². The van der Waals surface area contributed by atoms with Crippen molar-refractivity contribution in [3.05, 3.63) is 46.5 Å². The number of para-hydroxylation sites is 1. The van der Waals surface area contributed by atoms with Crippen LogP contribution >= 0.6 is 35.1 Å². The highest BCUT2D eigenvalue weighted by atomic mass is 35.5. The summed E-state index contributed by atoms with van der Waals surface area (Å²) in [6, 6.07) is 8.06. The van der Waals surface area contributed by atoms with Gasteiger partial charge in [-0.05, 0) is 12.1 Å². The standard InChI is InChI=1S/C14H11ClN2OS2/c15-13-8-5-19-6-9(8)16-14(17-13)11-7-20-12-4-2-1-3-10(12)18-11/h1-4,11H,5-7H2. The fraction of sp³-hybridized carbons (Fsp3) is 0.286. The molecule has 0 bridgehead atoms. The van der Waals surface area contributed by atoms with Gasteiger partial charge in [-0.3, -0.25) is 0 Å². The van der Waals surface area contributed by atoms with Crippen LogP contribution in [0.25, 0.3) is 0 Å². The van der Waals surface area contributed by atoms with Gasteiger partial charge in [0.1, 0.15) is 10.9 Å². The maximum absolute atomic E-state index is 6.27. The molecule has 1 aromatic heterocycles. The van der Waals surface area contributed by atoms with Gasteiger partial charge in [0.2, 0.25) is 0 Å². The third kappa shape index (κ3) is 2.18. The molecule has 102 valence electrons. The predicted octanol–water partition coefficient (Wildman–Crippen LogP) is 4.10. The maximum atomic E-state index is 6.27. The number of ether oxygens (including phenoxy) is 1. The Kier molecular flexibility index (Phi) is 3.28. The summed E-state index contributed by atoms with van der Waals surface area (Å²) in [4.78, 5) is 10.3. The average Bonchev–Trinajstić information content (AvgIpc) is 2.96. The molecule has 0 fully saturated rings. The molecule has 1 atom stereocenters. The molecule has 6 heteroatoms. The minimum atomic E-state index is -0.122. The molecule has 20 heavy (non-hydrogen) atoms. The Morgan fingerprint density at radius 2 is 2.10 bits per heavy atom. The van der Waals surface area contributed by atoms with E-state index in [0.29, 0.717) is 11.0 Å². The molecule has 0 saturated heterocycles. The van der Waals surface area contributed by atoms with Gasteiger partial charge in [-0.15, -0.1) is 11.8 Å². The van der Waals surface area contributed by atoms with E-state index in [2.05, 4.69) is 16.0 Å². The summed E-state index contributed by atoms with van der Waals surface area (Å²) in [5.74, 6) is 4.26. The van der Waals surface area contributed by atoms with E-state index in [-0.39, 0.29) is 6.10 Å². The first kappa shape index (κ1) is 12.8. The Balaban J connectivity index is 1.68. The second kappa shape index (κ2) is 5.13. The lowest BCUT2D eigenvalue weighted by Crippen LogP contribution is -2.18. The molecule has 1 aromatic carbocycles. The fourth-order valence-electron chi connectivity index (χ4n) is 2.32. The highest BCUT2D eigenvalue weighted by Gasteiger charge is 2.27. The summed E-state index contributed by atoms with van der Waals surface area (Å²) in [6.45, 7) is 0. The minimum Gasteiger partial charge on any atom is -0.480 e. The molecule has 1 unspecified atom stereocenters. The second-order valence-corrected chi connectivity index (χ2v) is 7.06. The van der Waals surface area contributed by atoms with Gasteiger partial charge in [0.15, 0.2) is 11.9 Å². The minimum absolute atomic E-state index is 0.122. The molecule has 4 rings (SSSR count).